The number of nitrogens with zero attached hydrogens (tertiary/aromatic N) is 3. The van der Waals surface area contributed by atoms with E-state index in [1.165, 1.54) is 0 Å². The molecule has 2 aliphatic heterocycles. The third-order valence-corrected chi connectivity index (χ3v) is 3.52. The average Bonchev–Trinajstić information content (AvgIpc) is 3.38. The van der Waals surface area contributed by atoms with Crippen LogP contribution in [0, 0.1) is 0 Å². The van der Waals surface area contributed by atoms with Crippen LogP contribution in [0.1, 0.15) is 0 Å². The number of epoxide rings is 2. The fourth-order valence-electron chi connectivity index (χ4n) is 2.17. The highest BCUT2D eigenvalue weighted by atomic mass is 16.6. The number of hydrogen-bond donors (Lipinski definition) is 0. The number of aromatic nitrogens is 3. The molecule has 0 aliphatic carbocycles. The Morgan fingerprint density at radius 2 is 1.41 bits per heavy atom. The van der Waals surface area contributed by atoms with Crippen molar-refractivity contribution in [3.63, 3.8) is 0 Å². The number of hydrogen-bond acceptors (Lipinski definition) is 5. The van der Waals surface area contributed by atoms with E-state index in [-0.39, 0.29) is 31.8 Å². The summed E-state index contributed by atoms with van der Waals surface area (Å²) in [6.45, 7) is 4.98. The summed E-state index contributed by atoms with van der Waals surface area (Å²) in [7, 11) is 0. The zero-order chi connectivity index (χ0) is 15.7. The highest BCUT2D eigenvalue weighted by molar-refractivity contribution is 4.97. The first-order valence-electron chi connectivity index (χ1n) is 7.07. The minimum atomic E-state index is -0.618. The molecule has 8 nitrogen and oxygen atoms in total. The Bertz CT molecular complexity index is 725. The van der Waals surface area contributed by atoms with E-state index in [0.717, 1.165) is 13.7 Å². The summed E-state index contributed by atoms with van der Waals surface area (Å²) in [4.78, 5) is 37.2. The van der Waals surface area contributed by atoms with Gasteiger partial charge in [0.2, 0.25) is 0 Å². The molecule has 118 valence electrons. The van der Waals surface area contributed by atoms with Crippen molar-refractivity contribution in [1.82, 2.24) is 13.7 Å². The van der Waals surface area contributed by atoms with Crippen molar-refractivity contribution in [3.8, 4) is 0 Å². The van der Waals surface area contributed by atoms with Crippen LogP contribution in [-0.2, 0) is 29.1 Å². The Morgan fingerprint density at radius 3 is 1.82 bits per heavy atom. The normalized spacial score (nSPS) is 22.9. The van der Waals surface area contributed by atoms with Crippen molar-refractivity contribution in [2.75, 3.05) is 13.2 Å². The van der Waals surface area contributed by atoms with Crippen LogP contribution in [0.25, 0.3) is 0 Å². The summed E-state index contributed by atoms with van der Waals surface area (Å²) in [6.07, 6.45) is 4.56. The van der Waals surface area contributed by atoms with Crippen molar-refractivity contribution in [3.05, 3.63) is 56.3 Å². The van der Waals surface area contributed by atoms with E-state index in [4.69, 9.17) is 9.47 Å². The molecule has 3 rings (SSSR count). The molecule has 0 spiro atoms. The van der Waals surface area contributed by atoms with Crippen LogP contribution in [0.4, 0.5) is 0 Å². The van der Waals surface area contributed by atoms with Crippen molar-refractivity contribution in [2.45, 2.75) is 31.8 Å². The third-order valence-electron chi connectivity index (χ3n) is 3.52. The van der Waals surface area contributed by atoms with Gasteiger partial charge in [0.15, 0.2) is 0 Å². The highest BCUT2D eigenvalue weighted by Crippen LogP contribution is 2.10. The van der Waals surface area contributed by atoms with E-state index in [2.05, 4.69) is 6.58 Å². The summed E-state index contributed by atoms with van der Waals surface area (Å²) in [5.41, 5.74) is -1.84. The third kappa shape index (κ3) is 3.02. The van der Waals surface area contributed by atoms with Crippen LogP contribution in [0.5, 0.6) is 0 Å². The fourth-order valence-corrected chi connectivity index (χ4v) is 2.17. The van der Waals surface area contributed by atoms with Gasteiger partial charge < -0.3 is 9.47 Å². The Hall–Kier alpha value is -2.19. The van der Waals surface area contributed by atoms with Crippen LogP contribution in [0.15, 0.2) is 39.2 Å². The van der Waals surface area contributed by atoms with Gasteiger partial charge in [-0.3, -0.25) is 0 Å². The molecule has 0 radical (unpaired) electrons. The lowest BCUT2D eigenvalue weighted by Crippen LogP contribution is -2.55. The summed E-state index contributed by atoms with van der Waals surface area (Å²) < 4.78 is 13.3. The van der Waals surface area contributed by atoms with E-state index >= 15 is 0 Å². The van der Waals surface area contributed by atoms with E-state index in [1.54, 1.807) is 18.2 Å². The number of ether oxygens (including phenoxy) is 2. The fraction of sp³-hybridized carbons (Fsp3) is 0.500. The van der Waals surface area contributed by atoms with Crippen LogP contribution < -0.4 is 17.1 Å². The molecule has 0 aromatic carbocycles. The molecule has 0 saturated carbocycles. The van der Waals surface area contributed by atoms with Crippen molar-refractivity contribution < 1.29 is 9.47 Å². The molecule has 0 bridgehead atoms. The van der Waals surface area contributed by atoms with Crippen LogP contribution in [-0.4, -0.2) is 39.1 Å². The van der Waals surface area contributed by atoms with Gasteiger partial charge in [0, 0.05) is 0 Å². The second-order valence-corrected chi connectivity index (χ2v) is 5.25. The Kier molecular flexibility index (Phi) is 3.95. The molecule has 2 atom stereocenters. The molecule has 0 N–H and O–H groups in total. The van der Waals surface area contributed by atoms with E-state index in [9.17, 15) is 14.4 Å². The van der Waals surface area contributed by atoms with Gasteiger partial charge in [-0.1, -0.05) is 24.8 Å². The number of allylic oxidation sites excluding steroid dienone is 3. The molecule has 2 aliphatic rings. The maximum atomic E-state index is 12.4. The van der Waals surface area contributed by atoms with Crippen LogP contribution in [0.2, 0.25) is 0 Å². The molecule has 2 saturated heterocycles. The first kappa shape index (κ1) is 14.7. The molecule has 2 fully saturated rings. The van der Waals surface area contributed by atoms with E-state index in [0.29, 0.717) is 13.2 Å². The van der Waals surface area contributed by atoms with Gasteiger partial charge in [-0.25, -0.2) is 28.1 Å². The van der Waals surface area contributed by atoms with Gasteiger partial charge in [-0.15, -0.1) is 0 Å². The van der Waals surface area contributed by atoms with Gasteiger partial charge in [0.25, 0.3) is 0 Å². The monoisotopic (exact) mass is 307 g/mol. The van der Waals surface area contributed by atoms with Crippen LogP contribution in [0.3, 0.4) is 0 Å². The first-order chi connectivity index (χ1) is 10.6. The number of rotatable bonds is 7. The molecule has 2 unspecified atom stereocenters. The second-order valence-electron chi connectivity index (χ2n) is 5.25. The molecule has 1 aromatic heterocycles. The zero-order valence-corrected chi connectivity index (χ0v) is 12.0. The molecule has 22 heavy (non-hydrogen) atoms. The summed E-state index contributed by atoms with van der Waals surface area (Å²) in [6, 6.07) is 0. The topological polar surface area (TPSA) is 91.1 Å². The minimum Gasteiger partial charge on any atom is -0.371 e. The summed E-state index contributed by atoms with van der Waals surface area (Å²) in [5, 5.41) is 0. The largest absolute Gasteiger partial charge is 0.371 e. The maximum absolute atomic E-state index is 12.4. The molecule has 8 heteroatoms. The highest BCUT2D eigenvalue weighted by Gasteiger charge is 2.29. The van der Waals surface area contributed by atoms with Crippen molar-refractivity contribution in [1.29, 1.82) is 0 Å². The van der Waals surface area contributed by atoms with Crippen molar-refractivity contribution >= 4 is 0 Å². The lowest BCUT2D eigenvalue weighted by atomic mass is 10.4. The van der Waals surface area contributed by atoms with Gasteiger partial charge in [-0.05, 0) is 0 Å². The molecular formula is C14H17N3O5. The Balaban J connectivity index is 2.07. The standard InChI is InChI=1S/C14H17N3O5/c1-2-3-4-5-15-12(18)16(6-10-8-21-10)14(20)17(13(15)19)7-11-9-22-11/h2-4,10-11H,1,5-9H2. The molecule has 0 amide bonds. The van der Waals surface area contributed by atoms with E-state index in [1.807, 2.05) is 0 Å². The van der Waals surface area contributed by atoms with Gasteiger partial charge in [-0.2, -0.15) is 0 Å². The van der Waals surface area contributed by atoms with Gasteiger partial charge in [0.05, 0.1) is 45.1 Å². The molecular weight excluding hydrogens is 290 g/mol. The zero-order valence-electron chi connectivity index (χ0n) is 12.0. The smallest absolute Gasteiger partial charge is 0.336 e. The minimum absolute atomic E-state index is 0.0843. The molecule has 3 heterocycles. The summed E-state index contributed by atoms with van der Waals surface area (Å²) in [5.74, 6) is 0. The quantitative estimate of drug-likeness (QED) is 0.462. The predicted octanol–water partition coefficient (Wildman–Crippen LogP) is -1.29. The predicted molar refractivity (Wildman–Crippen MR) is 78.0 cm³/mol. The molecule has 1 aromatic rings. The lowest BCUT2D eigenvalue weighted by Gasteiger charge is -2.11. The van der Waals surface area contributed by atoms with E-state index < -0.39 is 17.1 Å². The SMILES string of the molecule is C=CC=CCn1c(=O)n(CC2CO2)c(=O)n(CC2CO2)c1=O. The summed E-state index contributed by atoms with van der Waals surface area (Å²) >= 11 is 0. The maximum Gasteiger partial charge on any atom is 0.336 e. The Morgan fingerprint density at radius 1 is 0.955 bits per heavy atom. The second kappa shape index (κ2) is 5.90. The van der Waals surface area contributed by atoms with Gasteiger partial charge >= 0.3 is 17.1 Å². The average molecular weight is 307 g/mol. The Labute approximate surface area is 125 Å². The first-order valence-corrected chi connectivity index (χ1v) is 7.07. The van der Waals surface area contributed by atoms with Crippen molar-refractivity contribution in [2.24, 2.45) is 0 Å². The van der Waals surface area contributed by atoms with Gasteiger partial charge in [0.1, 0.15) is 0 Å². The lowest BCUT2D eigenvalue weighted by molar-refractivity contribution is 0.343. The van der Waals surface area contributed by atoms with Crippen LogP contribution >= 0.6 is 0 Å².